The van der Waals surface area contributed by atoms with Crippen molar-refractivity contribution >= 4 is 17.1 Å². The Bertz CT molecular complexity index is 1270. The Kier molecular flexibility index (Phi) is 6.37. The fourth-order valence-corrected chi connectivity index (χ4v) is 3.91. The number of ether oxygens (including phenoxy) is 1. The topological polar surface area (TPSA) is 62.2 Å². The summed E-state index contributed by atoms with van der Waals surface area (Å²) in [5, 5.41) is 11.2. The van der Waals surface area contributed by atoms with Gasteiger partial charge < -0.3 is 14.6 Å². The molecule has 0 aliphatic heterocycles. The van der Waals surface area contributed by atoms with Crippen LogP contribution < -0.4 is 9.84 Å². The molecule has 0 bridgehead atoms. The van der Waals surface area contributed by atoms with E-state index in [1.165, 1.54) is 30.3 Å². The highest BCUT2D eigenvalue weighted by molar-refractivity contribution is 5.96. The van der Waals surface area contributed by atoms with Crippen molar-refractivity contribution in [3.8, 4) is 5.88 Å². The van der Waals surface area contributed by atoms with Gasteiger partial charge in [-0.25, -0.2) is 13.8 Å². The molecule has 0 atom stereocenters. The number of carboxylic acid groups (broad SMARTS) is 1. The van der Waals surface area contributed by atoms with E-state index >= 15 is 0 Å². The lowest BCUT2D eigenvalue weighted by molar-refractivity contribution is -0.255. The highest BCUT2D eigenvalue weighted by Gasteiger charge is 2.33. The summed E-state index contributed by atoms with van der Waals surface area (Å²) in [5.41, 5.74) is 0.529. The van der Waals surface area contributed by atoms with Crippen LogP contribution in [0.25, 0.3) is 11.1 Å². The summed E-state index contributed by atoms with van der Waals surface area (Å²) in [6.07, 6.45) is -2.66. The minimum atomic E-state index is -4.66. The lowest BCUT2D eigenvalue weighted by Crippen LogP contribution is -2.22. The second-order valence-electron chi connectivity index (χ2n) is 7.82. The van der Waals surface area contributed by atoms with Gasteiger partial charge in [0.1, 0.15) is 18.2 Å². The molecule has 2 aromatic carbocycles. The zero-order valence-corrected chi connectivity index (χ0v) is 17.6. The van der Waals surface area contributed by atoms with Gasteiger partial charge in [-0.15, -0.1) is 0 Å². The van der Waals surface area contributed by atoms with E-state index in [9.17, 15) is 31.9 Å². The van der Waals surface area contributed by atoms with Crippen molar-refractivity contribution in [1.29, 1.82) is 0 Å². The fourth-order valence-electron chi connectivity index (χ4n) is 3.91. The zero-order valence-electron chi connectivity index (χ0n) is 17.6. The molecule has 0 N–H and O–H groups in total. The molecule has 4 rings (SSSR count). The highest BCUT2D eigenvalue weighted by Crippen LogP contribution is 2.44. The van der Waals surface area contributed by atoms with Gasteiger partial charge in [0.05, 0.1) is 11.5 Å². The second-order valence-corrected chi connectivity index (χ2v) is 7.82. The van der Waals surface area contributed by atoms with Crippen LogP contribution in [-0.2, 0) is 12.8 Å². The quantitative estimate of drug-likeness (QED) is 0.448. The van der Waals surface area contributed by atoms with Crippen LogP contribution in [-0.4, -0.2) is 11.0 Å². The van der Waals surface area contributed by atoms with E-state index in [4.69, 9.17) is 4.74 Å². The van der Waals surface area contributed by atoms with E-state index in [0.717, 1.165) is 18.2 Å². The van der Waals surface area contributed by atoms with Gasteiger partial charge in [0.15, 0.2) is 0 Å². The summed E-state index contributed by atoms with van der Waals surface area (Å²) >= 11 is 0. The summed E-state index contributed by atoms with van der Waals surface area (Å²) < 4.78 is 73.2. The monoisotopic (exact) mass is 474 g/mol. The van der Waals surface area contributed by atoms with Crippen LogP contribution in [0.4, 0.5) is 22.0 Å². The number of carbonyl (C=O) groups excluding carboxylic acids is 1. The number of aromatic carboxylic acids is 1. The average Bonchev–Trinajstić information content (AvgIpc) is 3.27. The summed E-state index contributed by atoms with van der Waals surface area (Å²) in [7, 11) is 0. The van der Waals surface area contributed by atoms with E-state index in [2.05, 4.69) is 4.98 Å². The van der Waals surface area contributed by atoms with E-state index in [-0.39, 0.29) is 29.2 Å². The minimum Gasteiger partial charge on any atom is -0.545 e. The molecule has 3 aromatic rings. The van der Waals surface area contributed by atoms with Gasteiger partial charge in [-0.3, -0.25) is 0 Å². The molecule has 1 aromatic heterocycles. The van der Waals surface area contributed by atoms with Crippen LogP contribution in [0.5, 0.6) is 5.88 Å². The number of nitrogens with zero attached hydrogens (tertiary/aromatic N) is 1. The van der Waals surface area contributed by atoms with E-state index in [1.807, 2.05) is 0 Å². The van der Waals surface area contributed by atoms with Crippen molar-refractivity contribution in [1.82, 2.24) is 4.98 Å². The maximum absolute atomic E-state index is 14.1. The molecule has 9 heteroatoms. The Balaban J connectivity index is 1.80. The number of halogens is 5. The summed E-state index contributed by atoms with van der Waals surface area (Å²) in [6, 6.07) is 9.53. The number of rotatable bonds is 6. The molecule has 0 radical (unpaired) electrons. The maximum atomic E-state index is 14.1. The number of hydrogen-bond donors (Lipinski definition) is 0. The number of alkyl halides is 3. The molecule has 1 heterocycles. The molecule has 0 saturated carbocycles. The van der Waals surface area contributed by atoms with Gasteiger partial charge in [0, 0.05) is 17.3 Å². The number of allylic oxidation sites excluding steroid dienone is 2. The minimum absolute atomic E-state index is 0.0664. The molecule has 0 saturated heterocycles. The molecule has 0 spiro atoms. The lowest BCUT2D eigenvalue weighted by Gasteiger charge is -2.16. The molecular formula is C25H17F5NO3-. The molecule has 0 amide bonds. The number of hydrogen-bond acceptors (Lipinski definition) is 4. The Labute approximate surface area is 191 Å². The van der Waals surface area contributed by atoms with Crippen molar-refractivity contribution in [3.05, 3.63) is 94.2 Å². The molecule has 4 nitrogen and oxygen atoms in total. The van der Waals surface area contributed by atoms with Gasteiger partial charge in [-0.2, -0.15) is 13.2 Å². The van der Waals surface area contributed by atoms with Crippen molar-refractivity contribution < 1.29 is 36.6 Å². The first kappa shape index (κ1) is 23.4. The Morgan fingerprint density at radius 2 is 1.68 bits per heavy atom. The normalized spacial score (nSPS) is 13.9. The predicted octanol–water partition coefficient (Wildman–Crippen LogP) is 5.42. The van der Waals surface area contributed by atoms with E-state index < -0.39 is 29.3 Å². The van der Waals surface area contributed by atoms with Crippen molar-refractivity contribution in [2.45, 2.75) is 32.0 Å². The summed E-state index contributed by atoms with van der Waals surface area (Å²) in [6.45, 7) is -0.0664. The Morgan fingerprint density at radius 1 is 0.971 bits per heavy atom. The third-order valence-electron chi connectivity index (χ3n) is 5.49. The fraction of sp³-hybridized carbons (Fsp3) is 0.200. The van der Waals surface area contributed by atoms with Crippen LogP contribution in [0.3, 0.4) is 0 Å². The standard InChI is InChI=1S/C25H18F5NO3/c26-18-6-4-14(5-7-18)13-34-23-22(11-17(12-31-23)25(28,29)30)21-3-1-2-20(21)15-8-16(24(32)33)10-19(27)9-15/h4-12H,1-3,13H2,(H,32,33)/p-1. The SMILES string of the molecule is O=C([O-])c1cc(F)cc(C2=C(c3cc(C(F)(F)F)cnc3OCc3ccc(F)cc3)CCC2)c1. The van der Waals surface area contributed by atoms with Crippen LogP contribution in [0.2, 0.25) is 0 Å². The Morgan fingerprint density at radius 3 is 2.35 bits per heavy atom. The Hall–Kier alpha value is -3.75. The lowest BCUT2D eigenvalue weighted by atomic mass is 9.95. The number of pyridine rings is 1. The van der Waals surface area contributed by atoms with Gasteiger partial charge in [0.25, 0.3) is 0 Å². The molecule has 34 heavy (non-hydrogen) atoms. The first-order valence-corrected chi connectivity index (χ1v) is 10.3. The first-order valence-electron chi connectivity index (χ1n) is 10.3. The van der Waals surface area contributed by atoms with Crippen molar-refractivity contribution in [2.75, 3.05) is 0 Å². The molecule has 0 fully saturated rings. The largest absolute Gasteiger partial charge is 0.545 e. The van der Waals surface area contributed by atoms with E-state index in [1.54, 1.807) is 0 Å². The maximum Gasteiger partial charge on any atom is 0.417 e. The van der Waals surface area contributed by atoms with Crippen LogP contribution >= 0.6 is 0 Å². The van der Waals surface area contributed by atoms with Gasteiger partial charge in [0.2, 0.25) is 5.88 Å². The van der Waals surface area contributed by atoms with Gasteiger partial charge in [-0.1, -0.05) is 12.1 Å². The van der Waals surface area contributed by atoms with Crippen LogP contribution in [0, 0.1) is 11.6 Å². The van der Waals surface area contributed by atoms with E-state index in [0.29, 0.717) is 42.2 Å². The summed E-state index contributed by atoms with van der Waals surface area (Å²) in [4.78, 5) is 15.1. The highest BCUT2D eigenvalue weighted by atomic mass is 19.4. The third-order valence-corrected chi connectivity index (χ3v) is 5.49. The summed E-state index contributed by atoms with van der Waals surface area (Å²) in [5.74, 6) is -2.87. The van der Waals surface area contributed by atoms with Crippen molar-refractivity contribution in [3.63, 3.8) is 0 Å². The van der Waals surface area contributed by atoms with Gasteiger partial charge >= 0.3 is 6.18 Å². The van der Waals surface area contributed by atoms with Crippen LogP contribution in [0.15, 0.2) is 54.7 Å². The number of aromatic nitrogens is 1. The van der Waals surface area contributed by atoms with Crippen LogP contribution in [0.1, 0.15) is 51.9 Å². The number of carboxylic acids is 1. The number of benzene rings is 2. The molecule has 1 aliphatic rings. The number of carbonyl (C=O) groups is 1. The van der Waals surface area contributed by atoms with Crippen molar-refractivity contribution in [2.24, 2.45) is 0 Å². The smallest absolute Gasteiger partial charge is 0.417 e. The molecule has 1 aliphatic carbocycles. The second kappa shape index (κ2) is 9.24. The molecule has 0 unspecified atom stereocenters. The molecule has 176 valence electrons. The zero-order chi connectivity index (χ0) is 24.5. The third kappa shape index (κ3) is 5.08. The first-order chi connectivity index (χ1) is 16.1. The van der Waals surface area contributed by atoms with Gasteiger partial charge in [-0.05, 0) is 77.9 Å². The average molecular weight is 474 g/mol. The predicted molar refractivity (Wildman–Crippen MR) is 111 cm³/mol. The molecular weight excluding hydrogens is 457 g/mol.